The summed E-state index contributed by atoms with van der Waals surface area (Å²) < 4.78 is 0. The smallest absolute Gasteiger partial charge is 0.267 e. The van der Waals surface area contributed by atoms with Crippen LogP contribution in [0.5, 0.6) is 0 Å². The van der Waals surface area contributed by atoms with E-state index in [0.29, 0.717) is 6.42 Å². The van der Waals surface area contributed by atoms with E-state index in [9.17, 15) is 9.59 Å². The zero-order chi connectivity index (χ0) is 10.9. The Hall–Kier alpha value is -0.740. The Morgan fingerprint density at radius 2 is 2.21 bits per heavy atom. The number of nitrogens with zero attached hydrogens (tertiary/aromatic N) is 1. The van der Waals surface area contributed by atoms with E-state index in [2.05, 4.69) is 0 Å². The molecule has 1 rings (SSSR count). The van der Waals surface area contributed by atoms with Crippen LogP contribution in [-0.2, 0) is 9.59 Å². The van der Waals surface area contributed by atoms with Crippen LogP contribution in [0, 0.1) is 0 Å². The van der Waals surface area contributed by atoms with Crippen LogP contribution in [0.15, 0.2) is 10.1 Å². The van der Waals surface area contributed by atoms with Gasteiger partial charge in [0.15, 0.2) is 0 Å². The van der Waals surface area contributed by atoms with Crippen molar-refractivity contribution in [2.75, 3.05) is 6.54 Å². The lowest BCUT2D eigenvalue weighted by Crippen LogP contribution is -2.45. The molecule has 14 heavy (non-hydrogen) atoms. The van der Waals surface area contributed by atoms with Crippen LogP contribution < -0.4 is 5.73 Å². The summed E-state index contributed by atoms with van der Waals surface area (Å²) in [5.74, 6) is -0.973. The topological polar surface area (TPSA) is 63.4 Å². The van der Waals surface area contributed by atoms with Crippen molar-refractivity contribution in [1.82, 2.24) is 4.90 Å². The number of halogens is 2. The summed E-state index contributed by atoms with van der Waals surface area (Å²) in [6.07, 6.45) is 0.454. The molecule has 2 amide bonds. The van der Waals surface area contributed by atoms with Gasteiger partial charge < -0.3 is 10.6 Å². The number of hydrogen-bond donors (Lipinski definition) is 1. The zero-order valence-corrected chi connectivity index (χ0v) is 9.10. The van der Waals surface area contributed by atoms with Gasteiger partial charge in [-0.05, 0) is 6.42 Å². The highest BCUT2D eigenvalue weighted by atomic mass is 35.5. The minimum absolute atomic E-state index is 0.0219. The third-order valence-corrected chi connectivity index (χ3v) is 2.88. The standard InChI is InChI=1S/C8H10Cl2N2O2/c1-2-5(7(11)13)12-3-4(9)6(10)8(12)14/h5H,2-3H2,1H3,(H2,11,13)/t5-/m0/s1. The molecule has 0 aromatic heterocycles. The van der Waals surface area contributed by atoms with Crippen LogP contribution in [-0.4, -0.2) is 29.3 Å². The number of carbonyl (C=O) groups excluding carboxylic acids is 2. The van der Waals surface area contributed by atoms with E-state index < -0.39 is 17.9 Å². The first-order chi connectivity index (χ1) is 6.49. The number of carbonyl (C=O) groups is 2. The fourth-order valence-corrected chi connectivity index (χ4v) is 1.74. The van der Waals surface area contributed by atoms with E-state index in [1.165, 1.54) is 4.90 Å². The summed E-state index contributed by atoms with van der Waals surface area (Å²) in [7, 11) is 0. The summed E-state index contributed by atoms with van der Waals surface area (Å²) >= 11 is 11.3. The molecule has 1 heterocycles. The number of nitrogens with two attached hydrogens (primary N) is 1. The van der Waals surface area contributed by atoms with Crippen LogP contribution in [0.1, 0.15) is 13.3 Å². The third kappa shape index (κ3) is 1.86. The van der Waals surface area contributed by atoms with Crippen molar-refractivity contribution in [3.63, 3.8) is 0 Å². The molecule has 1 aliphatic heterocycles. The molecular weight excluding hydrogens is 227 g/mol. The largest absolute Gasteiger partial charge is 0.368 e. The summed E-state index contributed by atoms with van der Waals surface area (Å²) in [6.45, 7) is 1.93. The monoisotopic (exact) mass is 236 g/mol. The van der Waals surface area contributed by atoms with Gasteiger partial charge in [-0.1, -0.05) is 30.1 Å². The highest BCUT2D eigenvalue weighted by Crippen LogP contribution is 2.27. The van der Waals surface area contributed by atoms with E-state index in [1.54, 1.807) is 6.92 Å². The van der Waals surface area contributed by atoms with Crippen molar-refractivity contribution in [1.29, 1.82) is 0 Å². The molecule has 0 aromatic rings. The number of hydrogen-bond acceptors (Lipinski definition) is 2. The van der Waals surface area contributed by atoms with E-state index in [1.807, 2.05) is 0 Å². The Balaban J connectivity index is 2.84. The maximum absolute atomic E-state index is 11.5. The normalized spacial score (nSPS) is 19.1. The summed E-state index contributed by atoms with van der Waals surface area (Å²) in [4.78, 5) is 23.7. The van der Waals surface area contributed by atoms with Gasteiger partial charge in [0.1, 0.15) is 11.1 Å². The average Bonchev–Trinajstić information content (AvgIpc) is 2.35. The summed E-state index contributed by atoms with van der Waals surface area (Å²) in [6, 6.07) is -0.632. The molecule has 0 radical (unpaired) electrons. The second-order valence-corrected chi connectivity index (χ2v) is 3.81. The molecule has 0 spiro atoms. The molecule has 78 valence electrons. The first kappa shape index (κ1) is 11.3. The molecule has 2 N–H and O–H groups in total. The van der Waals surface area contributed by atoms with Gasteiger partial charge in [0.2, 0.25) is 5.91 Å². The van der Waals surface area contributed by atoms with Crippen LogP contribution in [0.4, 0.5) is 0 Å². The Labute approximate surface area is 91.6 Å². The predicted octanol–water partition coefficient (Wildman–Crippen LogP) is 0.782. The molecule has 0 aliphatic carbocycles. The average molecular weight is 237 g/mol. The van der Waals surface area contributed by atoms with Crippen molar-refractivity contribution in [2.45, 2.75) is 19.4 Å². The predicted molar refractivity (Wildman–Crippen MR) is 53.7 cm³/mol. The van der Waals surface area contributed by atoms with Crippen LogP contribution in [0.3, 0.4) is 0 Å². The summed E-state index contributed by atoms with van der Waals surface area (Å²) in [5, 5.41) is 0.239. The van der Waals surface area contributed by atoms with E-state index in [-0.39, 0.29) is 16.6 Å². The lowest BCUT2D eigenvalue weighted by Gasteiger charge is -2.23. The minimum atomic E-state index is -0.632. The number of primary amides is 1. The Morgan fingerprint density at radius 3 is 2.50 bits per heavy atom. The van der Waals surface area contributed by atoms with Gasteiger partial charge in [-0.3, -0.25) is 9.59 Å². The van der Waals surface area contributed by atoms with Crippen LogP contribution in [0.2, 0.25) is 0 Å². The second kappa shape index (κ2) is 4.19. The molecule has 0 bridgehead atoms. The minimum Gasteiger partial charge on any atom is -0.368 e. The molecule has 1 aliphatic rings. The highest BCUT2D eigenvalue weighted by molar-refractivity contribution is 6.49. The number of rotatable bonds is 3. The highest BCUT2D eigenvalue weighted by Gasteiger charge is 2.35. The molecule has 6 heteroatoms. The fraction of sp³-hybridized carbons (Fsp3) is 0.500. The van der Waals surface area contributed by atoms with Gasteiger partial charge in [0.25, 0.3) is 5.91 Å². The molecule has 4 nitrogen and oxygen atoms in total. The molecular formula is C8H10Cl2N2O2. The van der Waals surface area contributed by atoms with Crippen molar-refractivity contribution >= 4 is 35.0 Å². The van der Waals surface area contributed by atoms with Gasteiger partial charge in [-0.25, -0.2) is 0 Å². The molecule has 1 atom stereocenters. The SMILES string of the molecule is CC[C@@H](C(N)=O)N1CC(Cl)=C(Cl)C1=O. The Morgan fingerprint density at radius 1 is 1.64 bits per heavy atom. The molecule has 0 aromatic carbocycles. The molecule has 0 unspecified atom stereocenters. The maximum Gasteiger partial charge on any atom is 0.267 e. The van der Waals surface area contributed by atoms with E-state index in [0.717, 1.165) is 0 Å². The van der Waals surface area contributed by atoms with Gasteiger partial charge in [0.05, 0.1) is 11.6 Å². The molecule has 0 fully saturated rings. The van der Waals surface area contributed by atoms with Gasteiger partial charge in [-0.2, -0.15) is 0 Å². The summed E-state index contributed by atoms with van der Waals surface area (Å²) in [5.41, 5.74) is 5.14. The van der Waals surface area contributed by atoms with Crippen LogP contribution in [0.25, 0.3) is 0 Å². The Bertz CT molecular complexity index is 314. The zero-order valence-electron chi connectivity index (χ0n) is 7.59. The van der Waals surface area contributed by atoms with Crippen LogP contribution >= 0.6 is 23.2 Å². The lowest BCUT2D eigenvalue weighted by atomic mass is 10.2. The van der Waals surface area contributed by atoms with Crippen molar-refractivity contribution in [2.24, 2.45) is 5.73 Å². The van der Waals surface area contributed by atoms with Gasteiger partial charge in [0, 0.05) is 0 Å². The fourth-order valence-electron chi connectivity index (χ4n) is 1.36. The Kier molecular flexibility index (Phi) is 3.39. The molecule has 0 saturated heterocycles. The number of amides is 2. The second-order valence-electron chi connectivity index (χ2n) is 2.98. The molecule has 0 saturated carbocycles. The third-order valence-electron chi connectivity index (χ3n) is 2.09. The van der Waals surface area contributed by atoms with Crippen molar-refractivity contribution in [3.8, 4) is 0 Å². The van der Waals surface area contributed by atoms with E-state index in [4.69, 9.17) is 28.9 Å². The quantitative estimate of drug-likeness (QED) is 0.788. The van der Waals surface area contributed by atoms with Gasteiger partial charge in [-0.15, -0.1) is 0 Å². The first-order valence-corrected chi connectivity index (χ1v) is 4.89. The van der Waals surface area contributed by atoms with E-state index >= 15 is 0 Å². The maximum atomic E-state index is 11.5. The van der Waals surface area contributed by atoms with Gasteiger partial charge >= 0.3 is 0 Å². The van der Waals surface area contributed by atoms with Crippen molar-refractivity contribution < 1.29 is 9.59 Å². The lowest BCUT2D eigenvalue weighted by molar-refractivity contribution is -0.134. The first-order valence-electron chi connectivity index (χ1n) is 4.13. The van der Waals surface area contributed by atoms with Crippen molar-refractivity contribution in [3.05, 3.63) is 10.1 Å².